The number of phenolic OH excluding ortho intramolecular Hbond substituents is 1. The summed E-state index contributed by atoms with van der Waals surface area (Å²) in [5.41, 5.74) is -1.01. The number of amides is 1. The number of aromatic nitrogens is 3. The molecular weight excluding hydrogens is 435 g/mol. The predicted molar refractivity (Wildman–Crippen MR) is 112 cm³/mol. The van der Waals surface area contributed by atoms with E-state index in [9.17, 15) is 19.5 Å². The van der Waals surface area contributed by atoms with E-state index in [1.54, 1.807) is 13.8 Å². The highest BCUT2D eigenvalue weighted by atomic mass is 35.5. The molecule has 1 heterocycles. The summed E-state index contributed by atoms with van der Waals surface area (Å²) in [6.45, 7) is 3.44. The first kappa shape index (κ1) is 21.4. The minimum atomic E-state index is -0.757. The highest BCUT2D eigenvalue weighted by Crippen LogP contribution is 2.39. The SMILES string of the molecule is CC(C)C(=O)Nc1cc(Oc2c(Cl)cc(-n3ncc(=O)[nH]c3=O)cc2Cl)ccc1O. The lowest BCUT2D eigenvalue weighted by atomic mass is 10.2. The number of nitrogens with zero attached hydrogens (tertiary/aromatic N) is 2. The summed E-state index contributed by atoms with van der Waals surface area (Å²) < 4.78 is 6.65. The Bertz CT molecular complexity index is 1210. The molecule has 0 aliphatic carbocycles. The normalized spacial score (nSPS) is 10.8. The van der Waals surface area contributed by atoms with E-state index < -0.39 is 11.2 Å². The van der Waals surface area contributed by atoms with E-state index in [2.05, 4.69) is 15.4 Å². The molecule has 1 aromatic heterocycles. The number of carbonyl (C=O) groups is 1. The van der Waals surface area contributed by atoms with Crippen LogP contribution in [0.4, 0.5) is 5.69 Å². The van der Waals surface area contributed by atoms with Crippen LogP contribution in [0, 0.1) is 5.92 Å². The summed E-state index contributed by atoms with van der Waals surface area (Å²) >= 11 is 12.5. The first-order valence-corrected chi connectivity index (χ1v) is 9.41. The minimum Gasteiger partial charge on any atom is -0.506 e. The molecule has 3 aromatic rings. The number of nitrogens with one attached hydrogen (secondary N) is 2. The van der Waals surface area contributed by atoms with Crippen LogP contribution in [0.1, 0.15) is 13.8 Å². The maximum Gasteiger partial charge on any atom is 0.349 e. The van der Waals surface area contributed by atoms with Crippen molar-refractivity contribution in [1.29, 1.82) is 0 Å². The number of carbonyl (C=O) groups excluding carboxylic acids is 1. The highest BCUT2D eigenvalue weighted by molar-refractivity contribution is 6.37. The molecule has 156 valence electrons. The zero-order chi connectivity index (χ0) is 22.0. The standard InChI is InChI=1S/C19H16Cl2N4O5/c1-9(2)18(28)23-14-7-11(3-4-15(14)26)30-17-12(20)5-10(6-13(17)21)25-19(29)24-16(27)8-22-25/h3-9,26H,1-2H3,(H,23,28)(H,24,27,29). The third-order valence-corrected chi connectivity index (χ3v) is 4.47. The molecular formula is C19H16Cl2N4O5. The van der Waals surface area contributed by atoms with E-state index in [4.69, 9.17) is 27.9 Å². The van der Waals surface area contributed by atoms with Gasteiger partial charge in [0.1, 0.15) is 17.7 Å². The smallest absolute Gasteiger partial charge is 0.349 e. The van der Waals surface area contributed by atoms with Crippen molar-refractivity contribution in [1.82, 2.24) is 14.8 Å². The van der Waals surface area contributed by atoms with Crippen LogP contribution in [0.3, 0.4) is 0 Å². The van der Waals surface area contributed by atoms with Gasteiger partial charge in [-0.15, -0.1) is 0 Å². The summed E-state index contributed by atoms with van der Waals surface area (Å²) in [4.78, 5) is 37.1. The highest BCUT2D eigenvalue weighted by Gasteiger charge is 2.16. The lowest BCUT2D eigenvalue weighted by molar-refractivity contribution is -0.118. The molecule has 3 N–H and O–H groups in total. The van der Waals surface area contributed by atoms with Gasteiger partial charge in [0.05, 0.1) is 21.4 Å². The van der Waals surface area contributed by atoms with E-state index in [1.807, 2.05) is 0 Å². The van der Waals surface area contributed by atoms with E-state index in [0.717, 1.165) is 10.9 Å². The van der Waals surface area contributed by atoms with Crippen LogP contribution in [0.2, 0.25) is 10.0 Å². The fourth-order valence-corrected chi connectivity index (χ4v) is 2.93. The summed E-state index contributed by atoms with van der Waals surface area (Å²) in [5.74, 6) is -0.349. The van der Waals surface area contributed by atoms with Gasteiger partial charge in [0.15, 0.2) is 5.75 Å². The van der Waals surface area contributed by atoms with Gasteiger partial charge in [0.25, 0.3) is 5.56 Å². The van der Waals surface area contributed by atoms with Gasteiger partial charge in [-0.25, -0.2) is 4.79 Å². The lowest BCUT2D eigenvalue weighted by Gasteiger charge is -2.14. The summed E-state index contributed by atoms with van der Waals surface area (Å²) in [5, 5.41) is 16.4. The number of ether oxygens (including phenoxy) is 1. The molecule has 11 heteroatoms. The molecule has 30 heavy (non-hydrogen) atoms. The fourth-order valence-electron chi connectivity index (χ4n) is 2.38. The van der Waals surface area contributed by atoms with Gasteiger partial charge in [0.2, 0.25) is 5.91 Å². The third kappa shape index (κ3) is 4.64. The van der Waals surface area contributed by atoms with Gasteiger partial charge in [-0.3, -0.25) is 14.6 Å². The molecule has 3 rings (SSSR count). The molecule has 9 nitrogen and oxygen atoms in total. The van der Waals surface area contributed by atoms with E-state index >= 15 is 0 Å². The Balaban J connectivity index is 1.93. The Morgan fingerprint density at radius 3 is 2.47 bits per heavy atom. The molecule has 0 fully saturated rings. The van der Waals surface area contributed by atoms with Crippen LogP contribution in [-0.2, 0) is 4.79 Å². The van der Waals surface area contributed by atoms with Crippen LogP contribution < -0.4 is 21.3 Å². The minimum absolute atomic E-state index is 0.0678. The zero-order valence-corrected chi connectivity index (χ0v) is 17.3. The molecule has 0 atom stereocenters. The largest absolute Gasteiger partial charge is 0.506 e. The predicted octanol–water partition coefficient (Wildman–Crippen LogP) is 3.32. The molecule has 0 spiro atoms. The number of phenols is 1. The van der Waals surface area contributed by atoms with Crippen LogP contribution in [0.15, 0.2) is 46.1 Å². The molecule has 1 amide bonds. The summed E-state index contributed by atoms with van der Waals surface area (Å²) in [7, 11) is 0. The molecule has 0 unspecified atom stereocenters. The van der Waals surface area contributed by atoms with Crippen molar-refractivity contribution in [3.63, 3.8) is 0 Å². The van der Waals surface area contributed by atoms with Gasteiger partial charge in [-0.05, 0) is 24.3 Å². The first-order chi connectivity index (χ1) is 14.2. The average Bonchev–Trinajstić information content (AvgIpc) is 2.66. The Morgan fingerprint density at radius 1 is 1.20 bits per heavy atom. The number of H-pyrrole nitrogens is 1. The van der Waals surface area contributed by atoms with Crippen molar-refractivity contribution in [3.05, 3.63) is 67.4 Å². The second kappa shape index (κ2) is 8.60. The maximum absolute atomic E-state index is 11.9. The number of benzene rings is 2. The van der Waals surface area contributed by atoms with Gasteiger partial charge in [-0.2, -0.15) is 9.78 Å². The van der Waals surface area contributed by atoms with Gasteiger partial charge >= 0.3 is 5.69 Å². The number of hydrogen-bond donors (Lipinski definition) is 3. The topological polar surface area (TPSA) is 126 Å². The van der Waals surface area contributed by atoms with Crippen LogP contribution in [-0.4, -0.2) is 25.8 Å². The van der Waals surface area contributed by atoms with Crippen molar-refractivity contribution >= 4 is 34.8 Å². The Hall–Kier alpha value is -3.30. The number of rotatable bonds is 5. The maximum atomic E-state index is 11.9. The van der Waals surface area contributed by atoms with Crippen LogP contribution in [0.25, 0.3) is 5.69 Å². The number of anilines is 1. The van der Waals surface area contributed by atoms with E-state index in [1.165, 1.54) is 30.3 Å². The summed E-state index contributed by atoms with van der Waals surface area (Å²) in [6, 6.07) is 7.01. The molecule has 2 aromatic carbocycles. The molecule has 0 saturated heterocycles. The third-order valence-electron chi connectivity index (χ3n) is 3.91. The molecule has 0 aliphatic heterocycles. The van der Waals surface area contributed by atoms with E-state index in [-0.39, 0.29) is 50.5 Å². The molecule has 0 saturated carbocycles. The van der Waals surface area contributed by atoms with Crippen LogP contribution in [0.5, 0.6) is 17.2 Å². The van der Waals surface area contributed by atoms with Crippen LogP contribution >= 0.6 is 23.2 Å². The zero-order valence-electron chi connectivity index (χ0n) is 15.8. The Labute approximate surface area is 179 Å². The van der Waals surface area contributed by atoms with Crippen molar-refractivity contribution in [2.24, 2.45) is 5.92 Å². The van der Waals surface area contributed by atoms with Gasteiger partial charge in [0, 0.05) is 12.0 Å². The van der Waals surface area contributed by atoms with Crippen molar-refractivity contribution in [2.45, 2.75) is 13.8 Å². The molecule has 0 aliphatic rings. The second-order valence-corrected chi connectivity index (χ2v) is 7.33. The van der Waals surface area contributed by atoms with Gasteiger partial charge < -0.3 is 15.2 Å². The quantitative estimate of drug-likeness (QED) is 0.511. The molecule has 0 radical (unpaired) electrons. The number of aromatic amines is 1. The summed E-state index contributed by atoms with van der Waals surface area (Å²) in [6.07, 6.45) is 0.942. The first-order valence-electron chi connectivity index (χ1n) is 8.65. The van der Waals surface area contributed by atoms with Gasteiger partial charge in [-0.1, -0.05) is 37.0 Å². The van der Waals surface area contributed by atoms with Crippen molar-refractivity contribution < 1.29 is 14.6 Å². The second-order valence-electron chi connectivity index (χ2n) is 6.51. The van der Waals surface area contributed by atoms with E-state index in [0.29, 0.717) is 0 Å². The average molecular weight is 451 g/mol. The lowest BCUT2D eigenvalue weighted by Crippen LogP contribution is -2.30. The number of halogens is 2. The number of hydrogen-bond acceptors (Lipinski definition) is 6. The van der Waals surface area contributed by atoms with Crippen molar-refractivity contribution in [2.75, 3.05) is 5.32 Å². The monoisotopic (exact) mass is 450 g/mol. The fraction of sp³-hybridized carbons (Fsp3) is 0.158. The Kier molecular flexibility index (Phi) is 6.14. The van der Waals surface area contributed by atoms with Crippen molar-refractivity contribution in [3.8, 4) is 22.9 Å². The Morgan fingerprint density at radius 2 is 1.87 bits per heavy atom. The number of aromatic hydroxyl groups is 1. The molecule has 0 bridgehead atoms.